The molecule has 1 aliphatic rings. The molecule has 0 aromatic heterocycles. The van der Waals surface area contributed by atoms with Gasteiger partial charge in [0.1, 0.15) is 0 Å². The van der Waals surface area contributed by atoms with E-state index in [4.69, 9.17) is 0 Å². The maximum absolute atomic E-state index is 12.0. The Bertz CT molecular complexity index is 436. The highest BCUT2D eigenvalue weighted by Crippen LogP contribution is 2.44. The Balaban J connectivity index is 1.86. The van der Waals surface area contributed by atoms with Gasteiger partial charge in [-0.05, 0) is 37.8 Å². The van der Waals surface area contributed by atoms with Gasteiger partial charge in [-0.15, -0.1) is 0 Å². The summed E-state index contributed by atoms with van der Waals surface area (Å²) in [6.07, 6.45) is 1.15. The minimum Gasteiger partial charge on any atom is -0.325 e. The summed E-state index contributed by atoms with van der Waals surface area (Å²) >= 11 is 0. The lowest BCUT2D eigenvalue weighted by atomic mass is 10.2. The first-order chi connectivity index (χ1) is 8.38. The fourth-order valence-corrected chi connectivity index (χ4v) is 2.02. The van der Waals surface area contributed by atoms with Crippen LogP contribution in [0.1, 0.15) is 32.8 Å². The number of benzene rings is 1. The molecule has 1 aromatic carbocycles. The Morgan fingerprint density at radius 2 is 1.89 bits per heavy atom. The zero-order valence-corrected chi connectivity index (χ0v) is 11.6. The molecule has 1 fully saturated rings. The molecule has 98 valence electrons. The second-order valence-electron chi connectivity index (χ2n) is 5.99. The second kappa shape index (κ2) is 4.73. The summed E-state index contributed by atoms with van der Waals surface area (Å²) in [5, 5.41) is 6.29. The lowest BCUT2D eigenvalue weighted by Crippen LogP contribution is -2.40. The lowest BCUT2D eigenvalue weighted by molar-refractivity contribution is -0.117. The number of carbonyl (C=O) groups excluding carboxylic acids is 1. The lowest BCUT2D eigenvalue weighted by Gasteiger charge is -2.15. The number of hydrogen-bond donors (Lipinski definition) is 2. The molecule has 1 amide bonds. The van der Waals surface area contributed by atoms with Gasteiger partial charge in [0.05, 0.1) is 6.04 Å². The highest BCUT2D eigenvalue weighted by Gasteiger charge is 2.46. The average molecular weight is 246 g/mol. The fraction of sp³-hybridized carbons (Fsp3) is 0.533. The summed E-state index contributed by atoms with van der Waals surface area (Å²) in [6, 6.07) is 8.17. The van der Waals surface area contributed by atoms with E-state index in [-0.39, 0.29) is 11.9 Å². The van der Waals surface area contributed by atoms with Crippen LogP contribution in [-0.2, 0) is 4.79 Å². The molecular weight excluding hydrogens is 224 g/mol. The van der Waals surface area contributed by atoms with Gasteiger partial charge in [-0.25, -0.2) is 0 Å². The van der Waals surface area contributed by atoms with Crippen LogP contribution in [0.3, 0.4) is 0 Å². The van der Waals surface area contributed by atoms with Crippen LogP contribution in [0.15, 0.2) is 24.3 Å². The molecule has 1 saturated carbocycles. The van der Waals surface area contributed by atoms with E-state index < -0.39 is 0 Å². The van der Waals surface area contributed by atoms with E-state index in [0.717, 1.165) is 12.1 Å². The minimum atomic E-state index is -0.155. The van der Waals surface area contributed by atoms with Crippen molar-refractivity contribution in [2.24, 2.45) is 5.41 Å². The molecule has 2 unspecified atom stereocenters. The molecule has 1 aromatic rings. The molecule has 1 aliphatic carbocycles. The highest BCUT2D eigenvalue weighted by atomic mass is 16.2. The Morgan fingerprint density at radius 1 is 1.33 bits per heavy atom. The Labute approximate surface area is 109 Å². The van der Waals surface area contributed by atoms with Crippen LogP contribution in [0.25, 0.3) is 0 Å². The van der Waals surface area contributed by atoms with Gasteiger partial charge in [-0.1, -0.05) is 31.5 Å². The first kappa shape index (κ1) is 13.1. The van der Waals surface area contributed by atoms with E-state index in [1.165, 1.54) is 5.56 Å². The van der Waals surface area contributed by atoms with Crippen molar-refractivity contribution in [1.29, 1.82) is 0 Å². The number of anilines is 1. The summed E-state index contributed by atoms with van der Waals surface area (Å²) in [4.78, 5) is 12.0. The van der Waals surface area contributed by atoms with Gasteiger partial charge in [0.2, 0.25) is 5.91 Å². The molecule has 0 heterocycles. The maximum atomic E-state index is 12.0. The summed E-state index contributed by atoms with van der Waals surface area (Å²) in [5.41, 5.74) is 2.39. The Hall–Kier alpha value is -1.35. The number of rotatable bonds is 4. The standard InChI is InChI=1S/C15H22N2O/c1-10-5-7-12(8-6-10)17-14(18)11(2)16-13-9-15(13,3)4/h5-8,11,13,16H,9H2,1-4H3,(H,17,18). The van der Waals surface area contributed by atoms with E-state index in [9.17, 15) is 4.79 Å². The Morgan fingerprint density at radius 3 is 2.39 bits per heavy atom. The quantitative estimate of drug-likeness (QED) is 0.857. The van der Waals surface area contributed by atoms with Crippen molar-refractivity contribution in [3.05, 3.63) is 29.8 Å². The van der Waals surface area contributed by atoms with Crippen LogP contribution >= 0.6 is 0 Å². The summed E-state index contributed by atoms with van der Waals surface area (Å²) in [5.74, 6) is 0.0292. The van der Waals surface area contributed by atoms with Crippen LogP contribution in [0, 0.1) is 12.3 Å². The van der Waals surface area contributed by atoms with Gasteiger partial charge in [-0.2, -0.15) is 0 Å². The van der Waals surface area contributed by atoms with Gasteiger partial charge >= 0.3 is 0 Å². The first-order valence-corrected chi connectivity index (χ1v) is 6.52. The largest absolute Gasteiger partial charge is 0.325 e. The van der Waals surface area contributed by atoms with E-state index in [1.54, 1.807) is 0 Å². The van der Waals surface area contributed by atoms with Crippen molar-refractivity contribution in [2.75, 3.05) is 5.32 Å². The second-order valence-corrected chi connectivity index (χ2v) is 5.99. The van der Waals surface area contributed by atoms with Crippen molar-refractivity contribution >= 4 is 11.6 Å². The molecule has 18 heavy (non-hydrogen) atoms. The normalized spacial score (nSPS) is 22.3. The fourth-order valence-electron chi connectivity index (χ4n) is 2.02. The van der Waals surface area contributed by atoms with E-state index in [1.807, 2.05) is 38.1 Å². The van der Waals surface area contributed by atoms with Crippen molar-refractivity contribution in [3.63, 3.8) is 0 Å². The minimum absolute atomic E-state index is 0.0292. The molecule has 0 saturated heterocycles. The van der Waals surface area contributed by atoms with Crippen LogP contribution in [-0.4, -0.2) is 18.0 Å². The SMILES string of the molecule is Cc1ccc(NC(=O)C(C)NC2CC2(C)C)cc1. The molecule has 2 N–H and O–H groups in total. The Kier molecular flexibility index (Phi) is 3.44. The average Bonchev–Trinajstić information content (AvgIpc) is 2.89. The summed E-state index contributed by atoms with van der Waals surface area (Å²) < 4.78 is 0. The maximum Gasteiger partial charge on any atom is 0.241 e. The topological polar surface area (TPSA) is 41.1 Å². The molecule has 3 nitrogen and oxygen atoms in total. The third kappa shape index (κ3) is 3.10. The van der Waals surface area contributed by atoms with Crippen molar-refractivity contribution in [1.82, 2.24) is 5.32 Å². The number of carbonyl (C=O) groups is 1. The van der Waals surface area contributed by atoms with Gasteiger partial charge < -0.3 is 10.6 Å². The predicted molar refractivity (Wildman–Crippen MR) is 74.6 cm³/mol. The molecule has 0 radical (unpaired) electrons. The van der Waals surface area contributed by atoms with E-state index in [2.05, 4.69) is 24.5 Å². The monoisotopic (exact) mass is 246 g/mol. The predicted octanol–water partition coefficient (Wildman–Crippen LogP) is 2.71. The van der Waals surface area contributed by atoms with E-state index in [0.29, 0.717) is 11.5 Å². The van der Waals surface area contributed by atoms with Crippen LogP contribution in [0.4, 0.5) is 5.69 Å². The van der Waals surface area contributed by atoms with Crippen molar-refractivity contribution in [2.45, 2.75) is 46.2 Å². The van der Waals surface area contributed by atoms with Crippen molar-refractivity contribution < 1.29 is 4.79 Å². The molecule has 2 atom stereocenters. The molecule has 0 spiro atoms. The summed E-state index contributed by atoms with van der Waals surface area (Å²) in [7, 11) is 0. The van der Waals surface area contributed by atoms with Gasteiger partial charge in [0.15, 0.2) is 0 Å². The number of aryl methyl sites for hydroxylation is 1. The molecule has 0 bridgehead atoms. The molecule has 3 heteroatoms. The van der Waals surface area contributed by atoms with Gasteiger partial charge in [-0.3, -0.25) is 4.79 Å². The highest BCUT2D eigenvalue weighted by molar-refractivity contribution is 5.94. The van der Waals surface area contributed by atoms with Crippen LogP contribution in [0.2, 0.25) is 0 Å². The molecular formula is C15H22N2O. The summed E-state index contributed by atoms with van der Waals surface area (Å²) in [6.45, 7) is 8.38. The van der Waals surface area contributed by atoms with Crippen LogP contribution < -0.4 is 10.6 Å². The number of amides is 1. The molecule has 2 rings (SSSR count). The third-order valence-corrected chi connectivity index (χ3v) is 3.68. The van der Waals surface area contributed by atoms with Crippen molar-refractivity contribution in [3.8, 4) is 0 Å². The van der Waals surface area contributed by atoms with Gasteiger partial charge in [0.25, 0.3) is 0 Å². The van der Waals surface area contributed by atoms with E-state index >= 15 is 0 Å². The zero-order valence-electron chi connectivity index (χ0n) is 11.6. The number of hydrogen-bond acceptors (Lipinski definition) is 2. The van der Waals surface area contributed by atoms with Gasteiger partial charge in [0, 0.05) is 11.7 Å². The molecule has 0 aliphatic heterocycles. The first-order valence-electron chi connectivity index (χ1n) is 6.52. The zero-order chi connectivity index (χ0) is 13.3. The smallest absolute Gasteiger partial charge is 0.241 e. The third-order valence-electron chi connectivity index (χ3n) is 3.68. The van der Waals surface area contributed by atoms with Crippen LogP contribution in [0.5, 0.6) is 0 Å². The number of nitrogens with one attached hydrogen (secondary N) is 2.